The number of aromatic amines is 1. The molecule has 0 bridgehead atoms. The molecule has 1 aliphatic heterocycles. The van der Waals surface area contributed by atoms with Crippen LogP contribution in [0, 0.1) is 0 Å². The molecular weight excluding hydrogens is 334 g/mol. The van der Waals surface area contributed by atoms with Gasteiger partial charge in [-0.2, -0.15) is 5.10 Å². The smallest absolute Gasteiger partial charge is 0.273 e. The molecule has 0 radical (unpaired) electrons. The molecule has 0 aliphatic carbocycles. The fraction of sp³-hybridized carbons (Fsp3) is 0.263. The van der Waals surface area contributed by atoms with E-state index in [0.29, 0.717) is 5.69 Å². The minimum atomic E-state index is -0.0987. The van der Waals surface area contributed by atoms with Crippen molar-refractivity contribution in [2.75, 3.05) is 7.11 Å². The molecule has 1 unspecified atom stereocenters. The van der Waals surface area contributed by atoms with Crippen LogP contribution in [0.1, 0.15) is 40.8 Å². The number of nitrogens with one attached hydrogen (secondary N) is 1. The summed E-state index contributed by atoms with van der Waals surface area (Å²) in [6.07, 6.45) is 0. The number of aromatic nitrogens is 2. The fourth-order valence-electron chi connectivity index (χ4n) is 3.39. The summed E-state index contributed by atoms with van der Waals surface area (Å²) in [7, 11) is 1.65. The summed E-state index contributed by atoms with van der Waals surface area (Å²) >= 11 is 1.66. The van der Waals surface area contributed by atoms with E-state index in [4.69, 9.17) is 4.74 Å². The molecule has 1 amide bonds. The molecule has 1 aliphatic rings. The average molecular weight is 353 g/mol. The first-order valence-electron chi connectivity index (χ1n) is 8.20. The summed E-state index contributed by atoms with van der Waals surface area (Å²) in [6.45, 7) is 4.09. The molecule has 0 saturated carbocycles. The number of carbonyl (C=O) groups excluding carboxylic acids is 1. The van der Waals surface area contributed by atoms with Crippen LogP contribution in [0.2, 0.25) is 0 Å². The molecule has 25 heavy (non-hydrogen) atoms. The van der Waals surface area contributed by atoms with Gasteiger partial charge in [-0.15, -0.1) is 11.3 Å². The molecule has 6 heteroatoms. The number of nitrogens with zero attached hydrogens (tertiary/aromatic N) is 2. The Morgan fingerprint density at radius 2 is 2.00 bits per heavy atom. The molecule has 0 saturated heterocycles. The zero-order valence-electron chi connectivity index (χ0n) is 14.3. The molecule has 1 atom stereocenters. The highest BCUT2D eigenvalue weighted by Gasteiger charge is 2.43. The number of amides is 1. The van der Waals surface area contributed by atoms with Crippen LogP contribution in [-0.2, 0) is 0 Å². The van der Waals surface area contributed by atoms with E-state index in [2.05, 4.69) is 16.3 Å². The zero-order chi connectivity index (χ0) is 17.6. The van der Waals surface area contributed by atoms with Crippen molar-refractivity contribution in [3.05, 3.63) is 57.9 Å². The lowest BCUT2D eigenvalue weighted by atomic mass is 10.0. The Hall–Kier alpha value is -2.60. The summed E-state index contributed by atoms with van der Waals surface area (Å²) in [6, 6.07) is 11.9. The number of thiophene rings is 1. The van der Waals surface area contributed by atoms with Crippen LogP contribution in [0.15, 0.2) is 41.8 Å². The lowest BCUT2D eigenvalue weighted by molar-refractivity contribution is 0.0690. The lowest BCUT2D eigenvalue weighted by Crippen LogP contribution is -2.35. The fourth-order valence-corrected chi connectivity index (χ4v) is 4.22. The van der Waals surface area contributed by atoms with Gasteiger partial charge in [0.05, 0.1) is 18.8 Å². The Bertz CT molecular complexity index is 897. The molecule has 5 nitrogen and oxygen atoms in total. The predicted molar refractivity (Wildman–Crippen MR) is 98.0 cm³/mol. The largest absolute Gasteiger partial charge is 0.497 e. The third-order valence-corrected chi connectivity index (χ3v) is 5.46. The maximum atomic E-state index is 12.9. The maximum absolute atomic E-state index is 12.9. The summed E-state index contributed by atoms with van der Waals surface area (Å²) in [4.78, 5) is 16.0. The molecule has 128 valence electrons. The topological polar surface area (TPSA) is 58.2 Å². The third kappa shape index (κ3) is 2.44. The van der Waals surface area contributed by atoms with E-state index in [1.807, 2.05) is 54.5 Å². The van der Waals surface area contributed by atoms with Crippen molar-refractivity contribution >= 4 is 17.2 Å². The van der Waals surface area contributed by atoms with Gasteiger partial charge in [0.1, 0.15) is 11.4 Å². The second kappa shape index (κ2) is 6.04. The number of hydrogen-bond acceptors (Lipinski definition) is 4. The van der Waals surface area contributed by atoms with Crippen LogP contribution in [0.4, 0.5) is 0 Å². The van der Waals surface area contributed by atoms with Crippen LogP contribution in [0.25, 0.3) is 11.3 Å². The number of rotatable bonds is 4. The third-order valence-electron chi connectivity index (χ3n) is 4.54. The summed E-state index contributed by atoms with van der Waals surface area (Å²) in [5, 5.41) is 9.48. The van der Waals surface area contributed by atoms with Crippen molar-refractivity contribution in [2.45, 2.75) is 25.9 Å². The van der Waals surface area contributed by atoms with E-state index in [-0.39, 0.29) is 18.0 Å². The van der Waals surface area contributed by atoms with Gasteiger partial charge in [-0.1, -0.05) is 6.07 Å². The average Bonchev–Trinajstić information content (AvgIpc) is 3.32. The predicted octanol–water partition coefficient (Wildman–Crippen LogP) is 4.10. The van der Waals surface area contributed by atoms with Gasteiger partial charge in [-0.05, 0) is 49.6 Å². The number of ether oxygens (including phenoxy) is 1. The first-order valence-corrected chi connectivity index (χ1v) is 9.08. The van der Waals surface area contributed by atoms with Crippen molar-refractivity contribution in [2.24, 2.45) is 0 Å². The lowest BCUT2D eigenvalue weighted by Gasteiger charge is -2.28. The number of fused-ring (bicyclic) bond motifs is 1. The van der Waals surface area contributed by atoms with E-state index < -0.39 is 0 Å². The van der Waals surface area contributed by atoms with Gasteiger partial charge in [0.2, 0.25) is 0 Å². The van der Waals surface area contributed by atoms with Crippen LogP contribution in [0.5, 0.6) is 5.75 Å². The quantitative estimate of drug-likeness (QED) is 0.768. The van der Waals surface area contributed by atoms with Crippen LogP contribution in [-0.4, -0.2) is 34.2 Å². The van der Waals surface area contributed by atoms with Crippen molar-refractivity contribution in [3.8, 4) is 17.0 Å². The van der Waals surface area contributed by atoms with Gasteiger partial charge in [0, 0.05) is 22.0 Å². The minimum Gasteiger partial charge on any atom is -0.497 e. The number of benzene rings is 1. The van der Waals surface area contributed by atoms with Crippen molar-refractivity contribution < 1.29 is 9.53 Å². The SMILES string of the molecule is COc1ccc(-c2n[nH]c3c2C(c2cccs2)N(C(C)C)C3=O)cc1. The van der Waals surface area contributed by atoms with Crippen molar-refractivity contribution in [1.82, 2.24) is 15.1 Å². The monoisotopic (exact) mass is 353 g/mol. The maximum Gasteiger partial charge on any atom is 0.273 e. The number of H-pyrrole nitrogens is 1. The Morgan fingerprint density at radius 1 is 1.24 bits per heavy atom. The minimum absolute atomic E-state index is 0.00987. The van der Waals surface area contributed by atoms with E-state index in [0.717, 1.165) is 27.4 Å². The Kier molecular flexibility index (Phi) is 3.84. The molecule has 0 fully saturated rings. The molecule has 2 aromatic heterocycles. The highest BCUT2D eigenvalue weighted by atomic mass is 32.1. The second-order valence-corrected chi connectivity index (χ2v) is 7.29. The van der Waals surface area contributed by atoms with Crippen molar-refractivity contribution in [1.29, 1.82) is 0 Å². The molecule has 1 aromatic carbocycles. The molecular formula is C19H19N3O2S. The second-order valence-electron chi connectivity index (χ2n) is 6.31. The Labute approximate surface area is 150 Å². The van der Waals surface area contributed by atoms with Crippen LogP contribution >= 0.6 is 11.3 Å². The first kappa shape index (κ1) is 15.9. The normalized spacial score (nSPS) is 16.6. The van der Waals surface area contributed by atoms with Gasteiger partial charge in [0.15, 0.2) is 0 Å². The number of methoxy groups -OCH3 is 1. The van der Waals surface area contributed by atoms with Crippen molar-refractivity contribution in [3.63, 3.8) is 0 Å². The van der Waals surface area contributed by atoms with E-state index >= 15 is 0 Å². The Balaban J connectivity index is 1.87. The summed E-state index contributed by atoms with van der Waals surface area (Å²) in [5.74, 6) is 0.807. The molecule has 0 spiro atoms. The number of hydrogen-bond donors (Lipinski definition) is 1. The van der Waals surface area contributed by atoms with Gasteiger partial charge in [-0.3, -0.25) is 9.89 Å². The highest BCUT2D eigenvalue weighted by Crippen LogP contribution is 2.45. The Morgan fingerprint density at radius 3 is 2.60 bits per heavy atom. The van der Waals surface area contributed by atoms with Crippen LogP contribution in [0.3, 0.4) is 0 Å². The van der Waals surface area contributed by atoms with Gasteiger partial charge < -0.3 is 9.64 Å². The molecule has 3 aromatic rings. The van der Waals surface area contributed by atoms with Gasteiger partial charge in [0.25, 0.3) is 5.91 Å². The van der Waals surface area contributed by atoms with E-state index in [1.54, 1.807) is 18.4 Å². The molecule has 1 N–H and O–H groups in total. The van der Waals surface area contributed by atoms with Crippen LogP contribution < -0.4 is 4.74 Å². The number of carbonyl (C=O) groups is 1. The summed E-state index contributed by atoms with van der Waals surface area (Å²) < 4.78 is 5.24. The first-order chi connectivity index (χ1) is 12.1. The molecule has 3 heterocycles. The zero-order valence-corrected chi connectivity index (χ0v) is 15.1. The van der Waals surface area contributed by atoms with E-state index in [9.17, 15) is 4.79 Å². The summed E-state index contributed by atoms with van der Waals surface area (Å²) in [5.41, 5.74) is 3.36. The van der Waals surface area contributed by atoms with Gasteiger partial charge >= 0.3 is 0 Å². The van der Waals surface area contributed by atoms with Gasteiger partial charge in [-0.25, -0.2) is 0 Å². The highest BCUT2D eigenvalue weighted by molar-refractivity contribution is 7.10. The standard InChI is InChI=1S/C19H19N3O2S/c1-11(2)22-18(14-5-4-10-25-14)15-16(20-21-17(15)19(22)23)12-6-8-13(24-3)9-7-12/h4-11,18H,1-3H3,(H,20,21). The molecule has 4 rings (SSSR count). The van der Waals surface area contributed by atoms with E-state index in [1.165, 1.54) is 0 Å².